The van der Waals surface area contributed by atoms with E-state index in [-0.39, 0.29) is 18.6 Å². The number of hydrogen-bond donors (Lipinski definition) is 3. The van der Waals surface area contributed by atoms with Crippen molar-refractivity contribution in [3.63, 3.8) is 0 Å². The lowest BCUT2D eigenvalue weighted by molar-refractivity contribution is 0.247. The van der Waals surface area contributed by atoms with Crippen LogP contribution in [0.3, 0.4) is 0 Å². The number of fused-ring (bicyclic) bond motifs is 1. The number of carbonyl (C=O) groups is 1. The molecule has 0 aromatic heterocycles. The van der Waals surface area contributed by atoms with Gasteiger partial charge in [0, 0.05) is 12.2 Å². The van der Waals surface area contributed by atoms with Gasteiger partial charge in [-0.1, -0.05) is 36.4 Å². The van der Waals surface area contributed by atoms with Gasteiger partial charge >= 0.3 is 6.03 Å². The first-order valence-electron chi connectivity index (χ1n) is 8.59. The molecule has 1 atom stereocenters. The van der Waals surface area contributed by atoms with Crippen LogP contribution in [-0.2, 0) is 23.0 Å². The zero-order valence-electron chi connectivity index (χ0n) is 14.7. The Kier molecular flexibility index (Phi) is 5.58. The normalized spacial score (nSPS) is 16.6. The molecule has 0 radical (unpaired) electrons. The molecule has 1 unspecified atom stereocenters. The van der Waals surface area contributed by atoms with Crippen molar-refractivity contribution in [3.8, 4) is 0 Å². The van der Waals surface area contributed by atoms with Crippen LogP contribution in [0.5, 0.6) is 0 Å². The summed E-state index contributed by atoms with van der Waals surface area (Å²) < 4.78 is 24.7. The van der Waals surface area contributed by atoms with Crippen molar-refractivity contribution in [2.45, 2.75) is 31.8 Å². The molecule has 7 heteroatoms. The van der Waals surface area contributed by atoms with Crippen LogP contribution in [0.1, 0.15) is 35.6 Å². The molecule has 6 nitrogen and oxygen atoms in total. The predicted molar refractivity (Wildman–Crippen MR) is 102 cm³/mol. The number of anilines is 1. The molecule has 0 saturated carbocycles. The van der Waals surface area contributed by atoms with Crippen LogP contribution in [0.25, 0.3) is 0 Å². The van der Waals surface area contributed by atoms with Gasteiger partial charge in [0.2, 0.25) is 10.0 Å². The molecule has 0 bridgehead atoms. The Bertz CT molecular complexity index is 879. The maximum atomic E-state index is 12.3. The molecule has 1 aliphatic carbocycles. The number of nitrogens with one attached hydrogen (secondary N) is 3. The third kappa shape index (κ3) is 5.06. The second-order valence-corrected chi connectivity index (χ2v) is 8.37. The largest absolute Gasteiger partial charge is 0.331 e. The number of rotatable bonds is 5. The fourth-order valence-electron chi connectivity index (χ4n) is 3.15. The number of sulfonamides is 1. The lowest BCUT2D eigenvalue weighted by atomic mass is 9.88. The quantitative estimate of drug-likeness (QED) is 0.753. The van der Waals surface area contributed by atoms with Gasteiger partial charge in [0.1, 0.15) is 0 Å². The average molecular weight is 373 g/mol. The van der Waals surface area contributed by atoms with Gasteiger partial charge in [-0.25, -0.2) is 17.9 Å². The summed E-state index contributed by atoms with van der Waals surface area (Å²) in [6, 6.07) is 15.1. The highest BCUT2D eigenvalue weighted by Gasteiger charge is 2.21. The van der Waals surface area contributed by atoms with Crippen LogP contribution in [0.4, 0.5) is 10.5 Å². The van der Waals surface area contributed by atoms with Crippen molar-refractivity contribution < 1.29 is 13.2 Å². The average Bonchev–Trinajstić information content (AvgIpc) is 2.61. The molecule has 2 amide bonds. The first-order chi connectivity index (χ1) is 12.4. The van der Waals surface area contributed by atoms with Gasteiger partial charge in [-0.05, 0) is 48.1 Å². The fraction of sp³-hybridized carbons (Fsp3) is 0.316. The van der Waals surface area contributed by atoms with Gasteiger partial charge < -0.3 is 10.6 Å². The first kappa shape index (κ1) is 18.4. The first-order valence-corrected chi connectivity index (χ1v) is 10.5. The van der Waals surface area contributed by atoms with Crippen molar-refractivity contribution in [2.24, 2.45) is 0 Å². The van der Waals surface area contributed by atoms with Gasteiger partial charge in [-0.3, -0.25) is 0 Å². The zero-order chi connectivity index (χ0) is 18.6. The van der Waals surface area contributed by atoms with E-state index in [0.717, 1.165) is 31.1 Å². The molecule has 0 aliphatic heterocycles. The highest BCUT2D eigenvalue weighted by Crippen LogP contribution is 2.29. The van der Waals surface area contributed by atoms with Crippen molar-refractivity contribution in [1.82, 2.24) is 10.0 Å². The minimum absolute atomic E-state index is 0.0261. The number of amides is 2. The molecule has 0 fully saturated rings. The Balaban J connectivity index is 1.57. The summed E-state index contributed by atoms with van der Waals surface area (Å²) in [6.45, 7) is 0.226. The van der Waals surface area contributed by atoms with Crippen LogP contribution >= 0.6 is 0 Å². The van der Waals surface area contributed by atoms with Crippen molar-refractivity contribution in [2.75, 3.05) is 11.6 Å². The topological polar surface area (TPSA) is 87.3 Å². The molecule has 138 valence electrons. The van der Waals surface area contributed by atoms with Crippen LogP contribution < -0.4 is 15.4 Å². The molecule has 26 heavy (non-hydrogen) atoms. The maximum Gasteiger partial charge on any atom is 0.319 e. The van der Waals surface area contributed by atoms with Gasteiger partial charge in [0.15, 0.2) is 0 Å². The van der Waals surface area contributed by atoms with E-state index in [1.165, 1.54) is 11.1 Å². The summed E-state index contributed by atoms with van der Waals surface area (Å²) in [5.74, 6) is 0. The Labute approximate surface area is 154 Å². The minimum Gasteiger partial charge on any atom is -0.331 e. The number of carbonyl (C=O) groups excluding carboxylic acids is 1. The summed E-state index contributed by atoms with van der Waals surface area (Å²) in [6.07, 6.45) is 4.17. The molecule has 2 aromatic carbocycles. The number of aryl methyl sites for hydroxylation is 1. The molecular formula is C19H23N3O3S. The van der Waals surface area contributed by atoms with Crippen molar-refractivity contribution in [1.29, 1.82) is 0 Å². The standard InChI is InChI=1S/C19H23N3O3S/c1-26(24,25)20-13-14-9-11-16(12-10-14)21-19(23)22-18-8-4-6-15-5-2-3-7-17(15)18/h2-3,5,7,9-12,18,20H,4,6,8,13H2,1H3,(H2,21,22,23). The Morgan fingerprint density at radius 3 is 2.58 bits per heavy atom. The van der Waals surface area contributed by atoms with E-state index in [2.05, 4.69) is 27.5 Å². The minimum atomic E-state index is -3.22. The van der Waals surface area contributed by atoms with Crippen LogP contribution in [-0.4, -0.2) is 20.7 Å². The van der Waals surface area contributed by atoms with E-state index in [1.807, 2.05) is 12.1 Å². The Hall–Kier alpha value is -2.38. The van der Waals surface area contributed by atoms with E-state index >= 15 is 0 Å². The zero-order valence-corrected chi connectivity index (χ0v) is 15.5. The molecular weight excluding hydrogens is 350 g/mol. The van der Waals surface area contributed by atoms with Gasteiger partial charge in [0.05, 0.1) is 12.3 Å². The third-order valence-electron chi connectivity index (χ3n) is 4.43. The van der Waals surface area contributed by atoms with Crippen LogP contribution in [0, 0.1) is 0 Å². The molecule has 2 aromatic rings. The lowest BCUT2D eigenvalue weighted by Gasteiger charge is -2.26. The summed E-state index contributed by atoms with van der Waals surface area (Å²) in [7, 11) is -3.22. The van der Waals surface area contributed by atoms with E-state index in [9.17, 15) is 13.2 Å². The van der Waals surface area contributed by atoms with Gasteiger partial charge in [-0.2, -0.15) is 0 Å². The highest BCUT2D eigenvalue weighted by molar-refractivity contribution is 7.88. The molecule has 3 N–H and O–H groups in total. The molecule has 0 saturated heterocycles. The number of hydrogen-bond acceptors (Lipinski definition) is 3. The van der Waals surface area contributed by atoms with E-state index in [1.54, 1.807) is 24.3 Å². The molecule has 1 aliphatic rings. The summed E-state index contributed by atoms with van der Waals surface area (Å²) >= 11 is 0. The third-order valence-corrected chi connectivity index (χ3v) is 5.09. The predicted octanol–water partition coefficient (Wildman–Crippen LogP) is 2.93. The van der Waals surface area contributed by atoms with Crippen LogP contribution in [0.2, 0.25) is 0 Å². The lowest BCUT2D eigenvalue weighted by Crippen LogP contribution is -2.34. The second kappa shape index (κ2) is 7.88. The maximum absolute atomic E-state index is 12.3. The second-order valence-electron chi connectivity index (χ2n) is 6.53. The Morgan fingerprint density at radius 2 is 1.85 bits per heavy atom. The smallest absolute Gasteiger partial charge is 0.319 e. The summed E-state index contributed by atoms with van der Waals surface area (Å²) in [5, 5.41) is 5.87. The highest BCUT2D eigenvalue weighted by atomic mass is 32.2. The number of urea groups is 1. The molecule has 0 spiro atoms. The SMILES string of the molecule is CS(=O)(=O)NCc1ccc(NC(=O)NC2CCCc3ccccc32)cc1. The number of benzene rings is 2. The molecule has 0 heterocycles. The van der Waals surface area contributed by atoms with Crippen molar-refractivity contribution in [3.05, 3.63) is 65.2 Å². The van der Waals surface area contributed by atoms with Gasteiger partial charge in [0.25, 0.3) is 0 Å². The Morgan fingerprint density at radius 1 is 1.12 bits per heavy atom. The summed E-state index contributed by atoms with van der Waals surface area (Å²) in [5.41, 5.74) is 3.97. The van der Waals surface area contributed by atoms with E-state index < -0.39 is 10.0 Å². The molecule has 3 rings (SSSR count). The van der Waals surface area contributed by atoms with Crippen LogP contribution in [0.15, 0.2) is 48.5 Å². The van der Waals surface area contributed by atoms with Crippen molar-refractivity contribution >= 4 is 21.7 Å². The van der Waals surface area contributed by atoms with E-state index in [4.69, 9.17) is 0 Å². The summed E-state index contributed by atoms with van der Waals surface area (Å²) in [4.78, 5) is 12.3. The van der Waals surface area contributed by atoms with E-state index in [0.29, 0.717) is 5.69 Å². The fourth-order valence-corrected chi connectivity index (χ4v) is 3.58. The van der Waals surface area contributed by atoms with Gasteiger partial charge in [-0.15, -0.1) is 0 Å². The monoisotopic (exact) mass is 373 g/mol.